The zero-order valence-corrected chi connectivity index (χ0v) is 14.1. The molecule has 1 aliphatic rings. The van der Waals surface area contributed by atoms with E-state index in [1.54, 1.807) is 0 Å². The summed E-state index contributed by atoms with van der Waals surface area (Å²) in [5.41, 5.74) is 2.39. The molecule has 2 rings (SSSR count). The van der Waals surface area contributed by atoms with E-state index in [0.29, 0.717) is 6.54 Å². The summed E-state index contributed by atoms with van der Waals surface area (Å²) in [7, 11) is 0. The number of piperazine rings is 1. The smallest absolute Gasteiger partial charge is 0.317 e. The third-order valence-electron chi connectivity index (χ3n) is 4.25. The predicted molar refractivity (Wildman–Crippen MR) is 90.9 cm³/mol. The molecule has 0 unspecified atom stereocenters. The average molecular weight is 303 g/mol. The Labute approximate surface area is 134 Å². The first kappa shape index (κ1) is 16.8. The largest absolute Gasteiger partial charge is 0.334 e. The van der Waals surface area contributed by atoms with Gasteiger partial charge in [-0.2, -0.15) is 0 Å². The number of urea groups is 1. The van der Waals surface area contributed by atoms with Gasteiger partial charge in [0.05, 0.1) is 0 Å². The van der Waals surface area contributed by atoms with E-state index in [4.69, 9.17) is 0 Å². The molecular formula is C18H29N3O. The molecule has 0 aromatic heterocycles. The molecule has 2 amide bonds. The predicted octanol–water partition coefficient (Wildman–Crippen LogP) is 2.87. The van der Waals surface area contributed by atoms with Crippen LogP contribution in [0.15, 0.2) is 24.3 Å². The Morgan fingerprint density at radius 2 is 1.77 bits per heavy atom. The second kappa shape index (κ2) is 8.18. The summed E-state index contributed by atoms with van der Waals surface area (Å²) in [5, 5.41) is 3.02. The second-order valence-electron chi connectivity index (χ2n) is 6.66. The third kappa shape index (κ3) is 5.34. The maximum atomic E-state index is 12.2. The molecule has 1 aromatic rings. The Morgan fingerprint density at radius 1 is 1.14 bits per heavy atom. The van der Waals surface area contributed by atoms with Crippen molar-refractivity contribution in [3.63, 3.8) is 0 Å². The Bertz CT molecular complexity index is 462. The normalized spacial score (nSPS) is 16.1. The van der Waals surface area contributed by atoms with E-state index in [2.05, 4.69) is 55.3 Å². The van der Waals surface area contributed by atoms with Crippen LogP contribution in [0, 0.1) is 12.8 Å². The highest BCUT2D eigenvalue weighted by Crippen LogP contribution is 2.07. The Hall–Kier alpha value is -1.55. The van der Waals surface area contributed by atoms with Crippen molar-refractivity contribution in [3.8, 4) is 0 Å². The van der Waals surface area contributed by atoms with E-state index >= 15 is 0 Å². The number of carbonyl (C=O) groups is 1. The lowest BCUT2D eigenvalue weighted by atomic mass is 10.1. The van der Waals surface area contributed by atoms with Crippen molar-refractivity contribution in [2.75, 3.05) is 32.7 Å². The van der Waals surface area contributed by atoms with E-state index in [9.17, 15) is 4.79 Å². The lowest BCUT2D eigenvalue weighted by molar-refractivity contribution is 0.135. The first-order valence-electron chi connectivity index (χ1n) is 8.35. The molecule has 0 atom stereocenters. The van der Waals surface area contributed by atoms with Gasteiger partial charge in [0.25, 0.3) is 0 Å². The summed E-state index contributed by atoms with van der Waals surface area (Å²) in [6, 6.07) is 8.35. The van der Waals surface area contributed by atoms with E-state index in [-0.39, 0.29) is 6.03 Å². The summed E-state index contributed by atoms with van der Waals surface area (Å²) in [6.07, 6.45) is 1.24. The molecule has 4 heteroatoms. The van der Waals surface area contributed by atoms with Gasteiger partial charge in [0.15, 0.2) is 0 Å². The van der Waals surface area contributed by atoms with E-state index < -0.39 is 0 Å². The van der Waals surface area contributed by atoms with Crippen molar-refractivity contribution in [2.24, 2.45) is 5.92 Å². The fourth-order valence-corrected chi connectivity index (χ4v) is 2.61. The topological polar surface area (TPSA) is 35.6 Å². The molecule has 0 saturated carbocycles. The SMILES string of the molecule is Cc1ccc(CNC(=O)N2CCN(CCC(C)C)CC2)cc1. The van der Waals surface area contributed by atoms with Crippen LogP contribution in [-0.4, -0.2) is 48.6 Å². The molecule has 1 aliphatic heterocycles. The fraction of sp³-hybridized carbons (Fsp3) is 0.611. The molecule has 0 spiro atoms. The van der Waals surface area contributed by atoms with Gasteiger partial charge < -0.3 is 10.2 Å². The fourth-order valence-electron chi connectivity index (χ4n) is 2.61. The van der Waals surface area contributed by atoms with Gasteiger partial charge in [-0.25, -0.2) is 4.79 Å². The molecular weight excluding hydrogens is 274 g/mol. The number of nitrogens with one attached hydrogen (secondary N) is 1. The van der Waals surface area contributed by atoms with Crippen LogP contribution in [0.25, 0.3) is 0 Å². The summed E-state index contributed by atoms with van der Waals surface area (Å²) in [4.78, 5) is 16.6. The standard InChI is InChI=1S/C18H29N3O/c1-15(2)8-9-20-10-12-21(13-11-20)18(22)19-14-17-6-4-16(3)5-7-17/h4-7,15H,8-14H2,1-3H3,(H,19,22). The van der Waals surface area contributed by atoms with Crippen LogP contribution in [-0.2, 0) is 6.54 Å². The van der Waals surface area contributed by atoms with Gasteiger partial charge in [-0.3, -0.25) is 4.90 Å². The van der Waals surface area contributed by atoms with E-state index in [0.717, 1.165) is 44.2 Å². The molecule has 1 aromatic carbocycles. The number of rotatable bonds is 5. The van der Waals surface area contributed by atoms with Gasteiger partial charge in [-0.05, 0) is 31.4 Å². The maximum absolute atomic E-state index is 12.2. The third-order valence-corrected chi connectivity index (χ3v) is 4.25. The number of hydrogen-bond donors (Lipinski definition) is 1. The van der Waals surface area contributed by atoms with Crippen molar-refractivity contribution in [2.45, 2.75) is 33.7 Å². The lowest BCUT2D eigenvalue weighted by Gasteiger charge is -2.35. The van der Waals surface area contributed by atoms with Crippen LogP contribution >= 0.6 is 0 Å². The van der Waals surface area contributed by atoms with Crippen LogP contribution in [0.5, 0.6) is 0 Å². The van der Waals surface area contributed by atoms with Crippen LogP contribution in [0.3, 0.4) is 0 Å². The Morgan fingerprint density at radius 3 is 2.36 bits per heavy atom. The van der Waals surface area contributed by atoms with Gasteiger partial charge in [-0.1, -0.05) is 43.7 Å². The Balaban J connectivity index is 1.69. The van der Waals surface area contributed by atoms with Gasteiger partial charge in [0, 0.05) is 32.7 Å². The summed E-state index contributed by atoms with van der Waals surface area (Å²) < 4.78 is 0. The number of carbonyl (C=O) groups excluding carboxylic acids is 1. The highest BCUT2D eigenvalue weighted by Gasteiger charge is 2.20. The van der Waals surface area contributed by atoms with Gasteiger partial charge in [0.1, 0.15) is 0 Å². The molecule has 1 N–H and O–H groups in total. The van der Waals surface area contributed by atoms with E-state index in [1.807, 2.05) is 4.90 Å². The quantitative estimate of drug-likeness (QED) is 0.908. The van der Waals surface area contributed by atoms with Crippen LogP contribution in [0.4, 0.5) is 4.79 Å². The highest BCUT2D eigenvalue weighted by molar-refractivity contribution is 5.74. The molecule has 1 heterocycles. The molecule has 0 aliphatic carbocycles. The maximum Gasteiger partial charge on any atom is 0.317 e. The molecule has 0 radical (unpaired) electrons. The van der Waals surface area contributed by atoms with Crippen LogP contribution in [0.1, 0.15) is 31.4 Å². The van der Waals surface area contributed by atoms with Crippen molar-refractivity contribution >= 4 is 6.03 Å². The molecule has 22 heavy (non-hydrogen) atoms. The average Bonchev–Trinajstić information content (AvgIpc) is 2.52. The van der Waals surface area contributed by atoms with Crippen molar-refractivity contribution in [1.82, 2.24) is 15.1 Å². The molecule has 4 nitrogen and oxygen atoms in total. The summed E-state index contributed by atoms with van der Waals surface area (Å²) in [5.74, 6) is 0.746. The summed E-state index contributed by atoms with van der Waals surface area (Å²) >= 11 is 0. The number of amides is 2. The van der Waals surface area contributed by atoms with Crippen molar-refractivity contribution < 1.29 is 4.79 Å². The number of aryl methyl sites for hydroxylation is 1. The minimum atomic E-state index is 0.0593. The first-order valence-corrected chi connectivity index (χ1v) is 8.35. The van der Waals surface area contributed by atoms with Crippen LogP contribution in [0.2, 0.25) is 0 Å². The van der Waals surface area contributed by atoms with Crippen LogP contribution < -0.4 is 5.32 Å². The van der Waals surface area contributed by atoms with Gasteiger partial charge in [-0.15, -0.1) is 0 Å². The molecule has 1 fully saturated rings. The second-order valence-corrected chi connectivity index (χ2v) is 6.66. The zero-order valence-electron chi connectivity index (χ0n) is 14.1. The van der Waals surface area contributed by atoms with Gasteiger partial charge in [0.2, 0.25) is 0 Å². The monoisotopic (exact) mass is 303 g/mol. The summed E-state index contributed by atoms with van der Waals surface area (Å²) in [6.45, 7) is 12.0. The number of benzene rings is 1. The zero-order chi connectivity index (χ0) is 15.9. The first-order chi connectivity index (χ1) is 10.5. The van der Waals surface area contributed by atoms with Crippen molar-refractivity contribution in [1.29, 1.82) is 0 Å². The minimum Gasteiger partial charge on any atom is -0.334 e. The minimum absolute atomic E-state index is 0.0593. The molecule has 1 saturated heterocycles. The number of hydrogen-bond acceptors (Lipinski definition) is 2. The Kier molecular flexibility index (Phi) is 6.25. The number of nitrogens with zero attached hydrogens (tertiary/aromatic N) is 2. The van der Waals surface area contributed by atoms with E-state index in [1.165, 1.54) is 12.0 Å². The van der Waals surface area contributed by atoms with Crippen molar-refractivity contribution in [3.05, 3.63) is 35.4 Å². The molecule has 0 bridgehead atoms. The molecule has 122 valence electrons. The van der Waals surface area contributed by atoms with Gasteiger partial charge >= 0.3 is 6.03 Å². The lowest BCUT2D eigenvalue weighted by Crippen LogP contribution is -2.51. The highest BCUT2D eigenvalue weighted by atomic mass is 16.2.